The molecule has 0 fully saturated rings. The molecule has 0 atom stereocenters. The smallest absolute Gasteiger partial charge is 0.238 e. The van der Waals surface area contributed by atoms with Gasteiger partial charge in [-0.1, -0.05) is 267 Å². The molecule has 0 N–H and O–H groups in total. The van der Waals surface area contributed by atoms with E-state index in [1.165, 1.54) is 0 Å². The first kappa shape index (κ1) is 33.8. The zero-order valence-corrected chi connectivity index (χ0v) is 39.2. The minimum atomic E-state index is -3.74. The molecule has 2 aromatic heterocycles. The van der Waals surface area contributed by atoms with Crippen LogP contribution in [0.1, 0.15) is 11.0 Å². The number of rotatable bonds is 11. The molecular weight excluding hydrogens is 869 g/mol. The van der Waals surface area contributed by atoms with Crippen LogP contribution in [0.25, 0.3) is 50.5 Å². The van der Waals surface area contributed by atoms with Crippen molar-refractivity contribution in [3.05, 3.63) is 279 Å². The van der Waals surface area contributed by atoms with Crippen LogP contribution in [0, 0.1) is 0 Å². The molecule has 10 aromatic carbocycles. The SMILES string of the molecule is [2H]c1c([2H])c(-c2nc(-c3c([2H])c([2H])c([2H])c([Si](c4ccccc4)(c4ccccc4)c4ccccc4)c3[2H])nc(-n3c4ccccc4c4ccccc43)n2)c([2H])c([Si](c2ccccc2)(c2ccccc2)c2ccccc2)c1[2H]. The van der Waals surface area contributed by atoms with Crippen LogP contribution < -0.4 is 41.5 Å². The molecule has 0 radical (unpaired) electrons. The average molecular weight is 923 g/mol. The molecule has 6 heteroatoms. The molecule has 0 unspecified atom stereocenters. The average Bonchev–Trinajstić information content (AvgIpc) is 3.88. The molecule has 326 valence electrons. The normalized spacial score (nSPS) is 13.4. The summed E-state index contributed by atoms with van der Waals surface area (Å²) in [5.41, 5.74) is 1.19. The molecule has 0 aliphatic carbocycles. The Morgan fingerprint density at radius 3 is 0.913 bits per heavy atom. The summed E-state index contributed by atoms with van der Waals surface area (Å²) in [4.78, 5) is 15.5. The maximum Gasteiger partial charge on any atom is 0.238 e. The zero-order valence-electron chi connectivity index (χ0n) is 45.2. The number of fused-ring (bicyclic) bond motifs is 3. The third kappa shape index (κ3) is 7.17. The van der Waals surface area contributed by atoms with Gasteiger partial charge in [0, 0.05) is 21.9 Å². The van der Waals surface area contributed by atoms with Gasteiger partial charge in [-0.05, 0) is 53.6 Å². The van der Waals surface area contributed by atoms with E-state index in [0.717, 1.165) is 52.9 Å². The van der Waals surface area contributed by atoms with Crippen LogP contribution in [0.4, 0.5) is 0 Å². The predicted molar refractivity (Wildman–Crippen MR) is 292 cm³/mol. The second-order valence-electron chi connectivity index (χ2n) is 16.8. The van der Waals surface area contributed by atoms with Crippen LogP contribution >= 0.6 is 0 Å². The number of aromatic nitrogens is 4. The Hall–Kier alpha value is -8.56. The highest BCUT2D eigenvalue weighted by atomic mass is 28.3. The molecule has 0 spiro atoms. The third-order valence-corrected chi connectivity index (χ3v) is 22.3. The molecule has 12 aromatic rings. The van der Waals surface area contributed by atoms with Crippen LogP contribution in [0.5, 0.6) is 0 Å². The lowest BCUT2D eigenvalue weighted by Crippen LogP contribution is -2.74. The van der Waals surface area contributed by atoms with Crippen molar-refractivity contribution in [1.29, 1.82) is 0 Å². The van der Waals surface area contributed by atoms with Gasteiger partial charge in [0.25, 0.3) is 0 Å². The molecule has 12 rings (SSSR count). The van der Waals surface area contributed by atoms with Crippen molar-refractivity contribution < 1.29 is 11.0 Å². The molecule has 2 heterocycles. The first-order valence-corrected chi connectivity index (χ1v) is 26.9. The van der Waals surface area contributed by atoms with E-state index in [0.29, 0.717) is 0 Å². The molecule has 0 aliphatic rings. The van der Waals surface area contributed by atoms with Crippen LogP contribution in [0.3, 0.4) is 0 Å². The van der Waals surface area contributed by atoms with Crippen LogP contribution in [-0.4, -0.2) is 35.7 Å². The van der Waals surface area contributed by atoms with E-state index in [1.54, 1.807) is 0 Å². The Labute approximate surface area is 415 Å². The van der Waals surface area contributed by atoms with E-state index in [1.807, 2.05) is 235 Å². The zero-order chi connectivity index (χ0) is 53.0. The summed E-state index contributed by atoms with van der Waals surface area (Å²) in [6.07, 6.45) is 0. The summed E-state index contributed by atoms with van der Waals surface area (Å²) in [6.45, 7) is 0. The first-order valence-electron chi connectivity index (χ1n) is 26.9. The Bertz CT molecular complexity index is 3740. The van der Waals surface area contributed by atoms with E-state index < -0.39 is 40.3 Å². The lowest BCUT2D eigenvalue weighted by Gasteiger charge is -2.34. The maximum atomic E-state index is 10.6. The molecule has 0 saturated heterocycles. The standard InChI is InChI=1S/C63H46N4Si2/c1-7-27-49(28-8-1)68(50-29-9-2-10-30-50,51-31-11-3-12-32-51)55-39-23-25-47(45-55)61-64-62(66-63(65-61)67-59-43-21-19-41-57(59)58-42-20-22-44-60(58)67)48-26-24-40-56(46-48)69(52-33-13-4-14-34-52,53-35-15-5-16-36-53)54-37-17-6-18-38-54/h1-46H/i23D,24D,25D,26D,39D,40D,45D,46D. The Morgan fingerprint density at radius 2 is 0.594 bits per heavy atom. The van der Waals surface area contributed by atoms with Gasteiger partial charge in [0.05, 0.1) is 22.0 Å². The Morgan fingerprint density at radius 1 is 0.304 bits per heavy atom. The van der Waals surface area contributed by atoms with Crippen LogP contribution in [-0.2, 0) is 0 Å². The molecule has 4 nitrogen and oxygen atoms in total. The summed E-state index contributed by atoms with van der Waals surface area (Å²) >= 11 is 0. The number of hydrogen-bond acceptors (Lipinski definition) is 3. The van der Waals surface area contributed by atoms with Crippen molar-refractivity contribution in [3.8, 4) is 28.7 Å². The van der Waals surface area contributed by atoms with Crippen molar-refractivity contribution in [2.45, 2.75) is 0 Å². The third-order valence-electron chi connectivity index (χ3n) is 13.1. The van der Waals surface area contributed by atoms with Gasteiger partial charge in [0.1, 0.15) is 0 Å². The monoisotopic (exact) mass is 922 g/mol. The minimum Gasteiger partial charge on any atom is -0.278 e. The van der Waals surface area contributed by atoms with Gasteiger partial charge in [0.15, 0.2) is 27.8 Å². The van der Waals surface area contributed by atoms with Crippen molar-refractivity contribution in [1.82, 2.24) is 19.5 Å². The summed E-state index contributed by atoms with van der Waals surface area (Å²) in [5, 5.41) is 7.47. The first-order chi connectivity index (χ1) is 37.6. The van der Waals surface area contributed by atoms with E-state index >= 15 is 0 Å². The van der Waals surface area contributed by atoms with E-state index in [9.17, 15) is 11.0 Å². The highest BCUT2D eigenvalue weighted by Gasteiger charge is 2.43. The number of nitrogens with zero attached hydrogens (tertiary/aromatic N) is 4. The van der Waals surface area contributed by atoms with Gasteiger partial charge >= 0.3 is 0 Å². The highest BCUT2D eigenvalue weighted by molar-refractivity contribution is 7.20. The summed E-state index contributed by atoms with van der Waals surface area (Å²) in [6, 6.07) is 71.8. The van der Waals surface area contributed by atoms with Crippen molar-refractivity contribution in [2.75, 3.05) is 0 Å². The number of para-hydroxylation sites is 2. The van der Waals surface area contributed by atoms with Crippen LogP contribution in [0.15, 0.2) is 279 Å². The number of hydrogen-bond donors (Lipinski definition) is 0. The summed E-state index contributed by atoms with van der Waals surface area (Å²) < 4.78 is 81.9. The molecule has 0 aliphatic heterocycles. The Kier molecular flexibility index (Phi) is 8.79. The fraction of sp³-hybridized carbons (Fsp3) is 0. The summed E-state index contributed by atoms with van der Waals surface area (Å²) in [5.74, 6) is -0.331. The van der Waals surface area contributed by atoms with E-state index in [4.69, 9.17) is 15.0 Å². The quantitative estimate of drug-likeness (QED) is 0.0962. The van der Waals surface area contributed by atoms with Crippen molar-refractivity contribution in [2.24, 2.45) is 0 Å². The van der Waals surface area contributed by atoms with Gasteiger partial charge in [-0.25, -0.2) is 4.98 Å². The van der Waals surface area contributed by atoms with Crippen molar-refractivity contribution in [3.63, 3.8) is 0 Å². The molecule has 0 amide bonds. The van der Waals surface area contributed by atoms with Gasteiger partial charge in [-0.3, -0.25) is 4.57 Å². The fourth-order valence-electron chi connectivity index (χ4n) is 10.1. The Balaban J connectivity index is 1.24. The van der Waals surface area contributed by atoms with E-state index in [2.05, 4.69) is 0 Å². The van der Waals surface area contributed by atoms with Gasteiger partial charge in [0.2, 0.25) is 5.95 Å². The van der Waals surface area contributed by atoms with Crippen molar-refractivity contribution >= 4 is 79.4 Å². The van der Waals surface area contributed by atoms with Gasteiger partial charge < -0.3 is 0 Å². The highest BCUT2D eigenvalue weighted by Crippen LogP contribution is 2.32. The lowest BCUT2D eigenvalue weighted by molar-refractivity contribution is 0.953. The summed E-state index contributed by atoms with van der Waals surface area (Å²) in [7, 11) is -7.47. The molecule has 69 heavy (non-hydrogen) atoms. The number of benzene rings is 10. The molecule has 0 saturated carbocycles. The second-order valence-corrected chi connectivity index (χ2v) is 24.3. The van der Waals surface area contributed by atoms with Gasteiger partial charge in [-0.2, -0.15) is 9.97 Å². The predicted octanol–water partition coefficient (Wildman–Crippen LogP) is 9.06. The van der Waals surface area contributed by atoms with Crippen LogP contribution in [0.2, 0.25) is 0 Å². The molecular formula is C63H46N4Si2. The van der Waals surface area contributed by atoms with Gasteiger partial charge in [-0.15, -0.1) is 0 Å². The lowest BCUT2D eigenvalue weighted by atomic mass is 10.2. The van der Waals surface area contributed by atoms with E-state index in [-0.39, 0.29) is 63.3 Å². The second kappa shape index (κ2) is 17.9. The minimum absolute atomic E-state index is 0.0430. The molecule has 0 bridgehead atoms. The topological polar surface area (TPSA) is 43.6 Å². The maximum absolute atomic E-state index is 10.6. The largest absolute Gasteiger partial charge is 0.278 e. The fourth-order valence-corrected chi connectivity index (χ4v) is 19.1.